The van der Waals surface area contributed by atoms with E-state index in [2.05, 4.69) is 36.0 Å². The highest BCUT2D eigenvalue weighted by atomic mass is 32.2. The number of hydrogen-bond acceptors (Lipinski definition) is 3. The van der Waals surface area contributed by atoms with Gasteiger partial charge in [0.05, 0.1) is 5.75 Å². The van der Waals surface area contributed by atoms with Crippen LogP contribution in [0.1, 0.15) is 51.6 Å². The van der Waals surface area contributed by atoms with E-state index < -0.39 is 9.84 Å². The highest BCUT2D eigenvalue weighted by Gasteiger charge is 2.11. The molecule has 0 radical (unpaired) electrons. The van der Waals surface area contributed by atoms with Gasteiger partial charge in [0.1, 0.15) is 9.84 Å². The van der Waals surface area contributed by atoms with Crippen molar-refractivity contribution in [1.29, 1.82) is 0 Å². The van der Waals surface area contributed by atoms with Crippen LogP contribution in [0.15, 0.2) is 18.5 Å². The number of rotatable bonds is 10. The maximum atomic E-state index is 11.5. The molecule has 0 aliphatic rings. The molecular weight excluding hydrogens is 272 g/mol. The molecule has 0 bridgehead atoms. The molecule has 0 saturated heterocycles. The maximum absolute atomic E-state index is 11.5. The van der Waals surface area contributed by atoms with Gasteiger partial charge < -0.3 is 9.88 Å². The molecule has 0 spiro atoms. The van der Waals surface area contributed by atoms with Crippen molar-refractivity contribution in [1.82, 2.24) is 9.88 Å². The Labute approximate surface area is 123 Å². The van der Waals surface area contributed by atoms with Gasteiger partial charge in [0.15, 0.2) is 0 Å². The molecule has 0 aliphatic carbocycles. The molecule has 1 aromatic rings. The summed E-state index contributed by atoms with van der Waals surface area (Å²) in [4.78, 5) is 0. The maximum Gasteiger partial charge on any atom is 0.150 e. The van der Waals surface area contributed by atoms with E-state index in [1.807, 2.05) is 6.20 Å². The molecule has 0 aromatic carbocycles. The van der Waals surface area contributed by atoms with Gasteiger partial charge in [-0.3, -0.25) is 0 Å². The van der Waals surface area contributed by atoms with E-state index in [4.69, 9.17) is 0 Å². The normalized spacial score (nSPS) is 13.6. The molecule has 1 atom stereocenters. The van der Waals surface area contributed by atoms with E-state index >= 15 is 0 Å². The zero-order valence-corrected chi connectivity index (χ0v) is 13.7. The summed E-state index contributed by atoms with van der Waals surface area (Å²) in [5, 5.41) is 3.49. The SMILES string of the molecule is CCCC(NCC)c1ccn(CCCS(=O)(=O)CC)c1. The molecular formula is C15H28N2O2S. The van der Waals surface area contributed by atoms with Crippen LogP contribution < -0.4 is 5.32 Å². The number of nitrogens with one attached hydrogen (secondary N) is 1. The van der Waals surface area contributed by atoms with Crippen molar-refractivity contribution >= 4 is 9.84 Å². The Hall–Kier alpha value is -0.810. The zero-order chi connectivity index (χ0) is 15.0. The van der Waals surface area contributed by atoms with Crippen molar-refractivity contribution in [3.8, 4) is 0 Å². The predicted molar refractivity (Wildman–Crippen MR) is 84.7 cm³/mol. The van der Waals surface area contributed by atoms with Gasteiger partial charge in [0.2, 0.25) is 0 Å². The van der Waals surface area contributed by atoms with Gasteiger partial charge in [-0.2, -0.15) is 0 Å². The Morgan fingerprint density at radius 3 is 2.65 bits per heavy atom. The fraction of sp³-hybridized carbons (Fsp3) is 0.733. The lowest BCUT2D eigenvalue weighted by Crippen LogP contribution is -2.20. The van der Waals surface area contributed by atoms with E-state index in [0.29, 0.717) is 12.5 Å². The Morgan fingerprint density at radius 2 is 2.05 bits per heavy atom. The number of sulfone groups is 1. The van der Waals surface area contributed by atoms with Crippen LogP contribution in [0, 0.1) is 0 Å². The summed E-state index contributed by atoms with van der Waals surface area (Å²) >= 11 is 0. The minimum absolute atomic E-state index is 0.239. The number of aromatic nitrogens is 1. The van der Waals surface area contributed by atoms with Crippen LogP contribution >= 0.6 is 0 Å². The lowest BCUT2D eigenvalue weighted by molar-refractivity contribution is 0.508. The molecule has 0 amide bonds. The third-order valence-corrected chi connectivity index (χ3v) is 5.31. The first-order valence-corrected chi connectivity index (χ1v) is 9.44. The minimum atomic E-state index is -2.84. The second-order valence-electron chi connectivity index (χ2n) is 5.17. The largest absolute Gasteiger partial charge is 0.354 e. The van der Waals surface area contributed by atoms with Gasteiger partial charge in [0.25, 0.3) is 0 Å². The average Bonchev–Trinajstić information content (AvgIpc) is 2.87. The fourth-order valence-electron chi connectivity index (χ4n) is 2.34. The summed E-state index contributed by atoms with van der Waals surface area (Å²) in [6.45, 7) is 7.75. The second-order valence-corrected chi connectivity index (χ2v) is 7.64. The van der Waals surface area contributed by atoms with Gasteiger partial charge in [-0.05, 0) is 31.0 Å². The van der Waals surface area contributed by atoms with E-state index in [1.165, 1.54) is 5.56 Å². The van der Waals surface area contributed by atoms with Crippen molar-refractivity contribution in [3.05, 3.63) is 24.0 Å². The standard InChI is InChI=1S/C15H28N2O2S/c1-4-8-15(16-5-2)14-9-11-17(13-14)10-7-12-20(18,19)6-3/h9,11,13,15-16H,4-8,10,12H2,1-3H3. The van der Waals surface area contributed by atoms with E-state index in [-0.39, 0.29) is 11.5 Å². The lowest BCUT2D eigenvalue weighted by Gasteiger charge is -2.15. The highest BCUT2D eigenvalue weighted by molar-refractivity contribution is 7.91. The quantitative estimate of drug-likeness (QED) is 0.723. The van der Waals surface area contributed by atoms with Gasteiger partial charge in [-0.1, -0.05) is 27.2 Å². The summed E-state index contributed by atoms with van der Waals surface area (Å²) < 4.78 is 25.0. The molecule has 1 heterocycles. The van der Waals surface area contributed by atoms with Gasteiger partial charge in [0, 0.05) is 30.7 Å². The molecule has 0 fully saturated rings. The summed E-state index contributed by atoms with van der Waals surface area (Å²) in [6.07, 6.45) is 7.15. The molecule has 1 aromatic heterocycles. The van der Waals surface area contributed by atoms with Crippen molar-refractivity contribution in [2.75, 3.05) is 18.1 Å². The van der Waals surface area contributed by atoms with Crippen LogP contribution in [0.5, 0.6) is 0 Å². The Balaban J connectivity index is 2.53. The van der Waals surface area contributed by atoms with Crippen molar-refractivity contribution in [2.24, 2.45) is 0 Å². The molecule has 20 heavy (non-hydrogen) atoms. The van der Waals surface area contributed by atoms with Crippen LogP contribution in [-0.4, -0.2) is 31.0 Å². The Bertz CT molecular complexity index is 474. The molecule has 4 nitrogen and oxygen atoms in total. The topological polar surface area (TPSA) is 51.1 Å². The van der Waals surface area contributed by atoms with E-state index in [1.54, 1.807) is 6.92 Å². The zero-order valence-electron chi connectivity index (χ0n) is 12.9. The predicted octanol–water partition coefficient (Wildman–Crippen LogP) is 2.76. The van der Waals surface area contributed by atoms with Gasteiger partial charge in [-0.15, -0.1) is 0 Å². The van der Waals surface area contributed by atoms with Crippen molar-refractivity contribution in [3.63, 3.8) is 0 Å². The third kappa shape index (κ3) is 5.67. The van der Waals surface area contributed by atoms with Gasteiger partial charge in [-0.25, -0.2) is 8.42 Å². The Morgan fingerprint density at radius 1 is 1.30 bits per heavy atom. The van der Waals surface area contributed by atoms with Crippen molar-refractivity contribution < 1.29 is 8.42 Å². The Kier molecular flexibility index (Phi) is 7.30. The molecule has 1 rings (SSSR count). The molecule has 1 N–H and O–H groups in total. The first-order chi connectivity index (χ1) is 9.52. The minimum Gasteiger partial charge on any atom is -0.354 e. The highest BCUT2D eigenvalue weighted by Crippen LogP contribution is 2.19. The van der Waals surface area contributed by atoms with Gasteiger partial charge >= 0.3 is 0 Å². The van der Waals surface area contributed by atoms with E-state index in [9.17, 15) is 8.42 Å². The van der Waals surface area contributed by atoms with Crippen LogP contribution in [0.4, 0.5) is 0 Å². The average molecular weight is 300 g/mol. The van der Waals surface area contributed by atoms with E-state index in [0.717, 1.165) is 25.9 Å². The molecule has 1 unspecified atom stereocenters. The van der Waals surface area contributed by atoms with Crippen molar-refractivity contribution in [2.45, 2.75) is 52.6 Å². The number of nitrogens with zero attached hydrogens (tertiary/aromatic N) is 1. The van der Waals surface area contributed by atoms with Crippen LogP contribution in [0.3, 0.4) is 0 Å². The first kappa shape index (κ1) is 17.2. The van der Waals surface area contributed by atoms with Crippen LogP contribution in [0.25, 0.3) is 0 Å². The summed E-state index contributed by atoms with van der Waals surface area (Å²) in [6, 6.07) is 2.54. The third-order valence-electron chi connectivity index (χ3n) is 3.52. The molecule has 116 valence electrons. The number of hydrogen-bond donors (Lipinski definition) is 1. The van der Waals surface area contributed by atoms with Crippen LogP contribution in [0.2, 0.25) is 0 Å². The fourth-order valence-corrected chi connectivity index (χ4v) is 3.20. The summed E-state index contributed by atoms with van der Waals surface area (Å²) in [7, 11) is -2.84. The monoisotopic (exact) mass is 300 g/mol. The lowest BCUT2D eigenvalue weighted by atomic mass is 10.1. The van der Waals surface area contributed by atoms with Crippen LogP contribution in [-0.2, 0) is 16.4 Å². The summed E-state index contributed by atoms with van der Waals surface area (Å²) in [5.41, 5.74) is 1.30. The first-order valence-electron chi connectivity index (χ1n) is 7.61. The summed E-state index contributed by atoms with van der Waals surface area (Å²) in [5.74, 6) is 0.519. The number of aryl methyl sites for hydroxylation is 1. The molecule has 5 heteroatoms. The molecule has 0 aliphatic heterocycles. The smallest absolute Gasteiger partial charge is 0.150 e. The second kappa shape index (κ2) is 8.47. The molecule has 0 saturated carbocycles.